The van der Waals surface area contributed by atoms with Crippen LogP contribution in [0.4, 0.5) is 11.4 Å². The number of rotatable bonds is 0. The number of nitrogens with zero attached hydrogens (tertiary/aromatic N) is 3. The molecule has 74 valence electrons. The van der Waals surface area contributed by atoms with Crippen molar-refractivity contribution in [2.24, 2.45) is 0 Å². The molecule has 15 heavy (non-hydrogen) atoms. The van der Waals surface area contributed by atoms with Gasteiger partial charge in [-0.15, -0.1) is 0 Å². The number of fused-ring (bicyclic) bond motifs is 2. The van der Waals surface area contributed by atoms with Crippen molar-refractivity contribution in [1.82, 2.24) is 9.97 Å². The molecule has 0 amide bonds. The third-order valence-electron chi connectivity index (χ3n) is 2.88. The minimum Gasteiger partial charge on any atom is -0.342 e. The Balaban J connectivity index is 2.20. The summed E-state index contributed by atoms with van der Waals surface area (Å²) in [7, 11) is 2.06. The zero-order chi connectivity index (χ0) is 10.3. The van der Waals surface area contributed by atoms with E-state index in [1.165, 1.54) is 22.5 Å². The molecule has 0 N–H and O–H groups in total. The fourth-order valence-corrected chi connectivity index (χ4v) is 2.07. The van der Waals surface area contributed by atoms with Gasteiger partial charge in [-0.05, 0) is 23.3 Å². The minimum absolute atomic E-state index is 0.972. The van der Waals surface area contributed by atoms with E-state index in [1.54, 1.807) is 0 Å². The molecule has 3 heteroatoms. The average Bonchev–Trinajstić information content (AvgIpc) is 2.30. The van der Waals surface area contributed by atoms with E-state index in [-0.39, 0.29) is 0 Å². The Bertz CT molecular complexity index is 462. The van der Waals surface area contributed by atoms with Gasteiger partial charge in [0.15, 0.2) is 0 Å². The number of hydrogen-bond donors (Lipinski definition) is 0. The Morgan fingerprint density at radius 2 is 1.53 bits per heavy atom. The van der Waals surface area contributed by atoms with Crippen molar-refractivity contribution in [3.05, 3.63) is 48.0 Å². The molecular weight excluding hydrogens is 186 g/mol. The second-order valence-corrected chi connectivity index (χ2v) is 3.74. The van der Waals surface area contributed by atoms with Crippen molar-refractivity contribution in [2.45, 2.75) is 6.42 Å². The van der Waals surface area contributed by atoms with E-state index in [9.17, 15) is 0 Å². The molecule has 0 fully saturated rings. The molecule has 0 saturated carbocycles. The first-order valence-electron chi connectivity index (χ1n) is 4.96. The summed E-state index contributed by atoms with van der Waals surface area (Å²) in [6.45, 7) is 0. The first-order valence-corrected chi connectivity index (χ1v) is 4.96. The highest BCUT2D eigenvalue weighted by Gasteiger charge is 2.19. The molecule has 1 aliphatic rings. The van der Waals surface area contributed by atoms with Crippen LogP contribution in [0.5, 0.6) is 0 Å². The van der Waals surface area contributed by atoms with Gasteiger partial charge in [0, 0.05) is 25.9 Å². The molecule has 0 spiro atoms. The maximum atomic E-state index is 4.16. The zero-order valence-electron chi connectivity index (χ0n) is 8.51. The summed E-state index contributed by atoms with van der Waals surface area (Å²) in [4.78, 5) is 10.5. The van der Waals surface area contributed by atoms with Gasteiger partial charge in [0.2, 0.25) is 0 Å². The Kier molecular flexibility index (Phi) is 1.71. The maximum absolute atomic E-state index is 4.16. The van der Waals surface area contributed by atoms with E-state index < -0.39 is 0 Å². The molecule has 0 bridgehead atoms. The summed E-state index contributed by atoms with van der Waals surface area (Å²) in [5, 5.41) is 0. The molecule has 3 rings (SSSR count). The molecule has 0 radical (unpaired) electrons. The van der Waals surface area contributed by atoms with Gasteiger partial charge in [-0.25, -0.2) is 0 Å². The largest absolute Gasteiger partial charge is 0.342 e. The molecule has 0 atom stereocenters. The molecule has 3 heterocycles. The predicted molar refractivity (Wildman–Crippen MR) is 59.3 cm³/mol. The van der Waals surface area contributed by atoms with Crippen LogP contribution in [-0.4, -0.2) is 17.0 Å². The van der Waals surface area contributed by atoms with Gasteiger partial charge in [0.1, 0.15) is 0 Å². The van der Waals surface area contributed by atoms with Gasteiger partial charge in [-0.3, -0.25) is 9.97 Å². The number of aromatic nitrogens is 2. The van der Waals surface area contributed by atoms with Crippen molar-refractivity contribution >= 4 is 11.4 Å². The lowest BCUT2D eigenvalue weighted by molar-refractivity contribution is 1.02. The Labute approximate surface area is 88.4 Å². The molecule has 0 aromatic carbocycles. The second kappa shape index (κ2) is 3.05. The van der Waals surface area contributed by atoms with Gasteiger partial charge in [-0.2, -0.15) is 0 Å². The molecule has 3 nitrogen and oxygen atoms in total. The number of anilines is 2. The van der Waals surface area contributed by atoms with E-state index in [0.29, 0.717) is 0 Å². The van der Waals surface area contributed by atoms with Crippen molar-refractivity contribution in [3.63, 3.8) is 0 Å². The number of pyridine rings is 2. The van der Waals surface area contributed by atoms with Gasteiger partial charge < -0.3 is 4.90 Å². The highest BCUT2D eigenvalue weighted by molar-refractivity contribution is 5.72. The third kappa shape index (κ3) is 1.20. The number of hydrogen-bond acceptors (Lipinski definition) is 3. The van der Waals surface area contributed by atoms with Gasteiger partial charge in [-0.1, -0.05) is 0 Å². The fraction of sp³-hybridized carbons (Fsp3) is 0.167. The van der Waals surface area contributed by atoms with Crippen molar-refractivity contribution in [2.75, 3.05) is 11.9 Å². The van der Waals surface area contributed by atoms with E-state index >= 15 is 0 Å². The molecule has 0 saturated heterocycles. The zero-order valence-corrected chi connectivity index (χ0v) is 8.51. The monoisotopic (exact) mass is 197 g/mol. The van der Waals surface area contributed by atoms with Crippen molar-refractivity contribution in [1.29, 1.82) is 0 Å². The summed E-state index contributed by atoms with van der Waals surface area (Å²) in [6, 6.07) is 4.16. The smallest absolute Gasteiger partial charge is 0.0631 e. The van der Waals surface area contributed by atoms with E-state index in [1.807, 2.05) is 24.8 Å². The SMILES string of the molecule is CN1c2cnccc2Cc2ccncc21. The van der Waals surface area contributed by atoms with Crippen LogP contribution in [0, 0.1) is 0 Å². The van der Waals surface area contributed by atoms with Gasteiger partial charge in [0.25, 0.3) is 0 Å². The third-order valence-corrected chi connectivity index (χ3v) is 2.88. The van der Waals surface area contributed by atoms with Crippen LogP contribution in [0.25, 0.3) is 0 Å². The van der Waals surface area contributed by atoms with E-state index in [0.717, 1.165) is 6.42 Å². The van der Waals surface area contributed by atoms with Crippen LogP contribution in [0.1, 0.15) is 11.1 Å². The summed E-state index contributed by atoms with van der Waals surface area (Å²) >= 11 is 0. The minimum atomic E-state index is 0.972. The van der Waals surface area contributed by atoms with E-state index in [2.05, 4.69) is 34.0 Å². The topological polar surface area (TPSA) is 29.0 Å². The van der Waals surface area contributed by atoms with E-state index in [4.69, 9.17) is 0 Å². The standard InChI is InChI=1S/C12H11N3/c1-15-11-7-13-4-2-9(11)6-10-3-5-14-8-12(10)15/h2-5,7-8H,6H2,1H3. The van der Waals surface area contributed by atoms with Crippen molar-refractivity contribution < 1.29 is 0 Å². The molecular formula is C12H11N3. The summed E-state index contributed by atoms with van der Waals surface area (Å²) in [5.74, 6) is 0. The quantitative estimate of drug-likeness (QED) is 0.648. The Morgan fingerprint density at radius 1 is 1.00 bits per heavy atom. The van der Waals surface area contributed by atoms with Crippen LogP contribution in [0.2, 0.25) is 0 Å². The van der Waals surface area contributed by atoms with Crippen LogP contribution < -0.4 is 4.90 Å². The maximum Gasteiger partial charge on any atom is 0.0631 e. The van der Waals surface area contributed by atoms with Crippen LogP contribution in [0.3, 0.4) is 0 Å². The Morgan fingerprint density at radius 3 is 2.07 bits per heavy atom. The normalized spacial score (nSPS) is 13.3. The fourth-order valence-electron chi connectivity index (χ4n) is 2.07. The molecule has 2 aromatic rings. The highest BCUT2D eigenvalue weighted by Crippen LogP contribution is 2.35. The lowest BCUT2D eigenvalue weighted by Gasteiger charge is -2.28. The predicted octanol–water partition coefficient (Wildman–Crippen LogP) is 2.15. The summed E-state index contributed by atoms with van der Waals surface area (Å²) in [6.07, 6.45) is 8.48. The molecule has 2 aromatic heterocycles. The first kappa shape index (κ1) is 8.41. The summed E-state index contributed by atoms with van der Waals surface area (Å²) in [5.41, 5.74) is 5.01. The van der Waals surface area contributed by atoms with Crippen LogP contribution in [0.15, 0.2) is 36.9 Å². The van der Waals surface area contributed by atoms with Crippen LogP contribution in [-0.2, 0) is 6.42 Å². The first-order chi connectivity index (χ1) is 7.36. The lowest BCUT2D eigenvalue weighted by Crippen LogP contribution is -2.18. The Hall–Kier alpha value is -1.90. The van der Waals surface area contributed by atoms with Gasteiger partial charge >= 0.3 is 0 Å². The molecule has 1 aliphatic heterocycles. The van der Waals surface area contributed by atoms with Gasteiger partial charge in [0.05, 0.1) is 23.8 Å². The molecule has 0 aliphatic carbocycles. The second-order valence-electron chi connectivity index (χ2n) is 3.74. The lowest BCUT2D eigenvalue weighted by atomic mass is 9.99. The highest BCUT2D eigenvalue weighted by atomic mass is 15.1. The average molecular weight is 197 g/mol. The summed E-state index contributed by atoms with van der Waals surface area (Å²) < 4.78 is 0. The van der Waals surface area contributed by atoms with Crippen molar-refractivity contribution in [3.8, 4) is 0 Å². The molecule has 0 unspecified atom stereocenters. The van der Waals surface area contributed by atoms with Crippen LogP contribution >= 0.6 is 0 Å².